The fourth-order valence-electron chi connectivity index (χ4n) is 1.88. The average molecular weight is 248 g/mol. The van der Waals surface area contributed by atoms with Crippen molar-refractivity contribution < 1.29 is 4.74 Å². The smallest absolute Gasteiger partial charge is 0.201 e. The molecule has 0 spiro atoms. The van der Waals surface area contributed by atoms with E-state index in [9.17, 15) is 0 Å². The van der Waals surface area contributed by atoms with E-state index < -0.39 is 0 Å². The van der Waals surface area contributed by atoms with Crippen LogP contribution in [-0.2, 0) is 11.3 Å². The summed E-state index contributed by atoms with van der Waals surface area (Å²) >= 11 is 0. The second kappa shape index (κ2) is 7.88. The van der Waals surface area contributed by atoms with Gasteiger partial charge in [0.15, 0.2) is 0 Å². The van der Waals surface area contributed by atoms with Gasteiger partial charge in [-0.15, -0.1) is 0 Å². The molecule has 1 atom stereocenters. The molecule has 100 valence electrons. The topological polar surface area (TPSA) is 33.6 Å². The summed E-state index contributed by atoms with van der Waals surface area (Å²) in [5.74, 6) is 1.26. The highest BCUT2D eigenvalue weighted by molar-refractivity contribution is 5.82. The van der Waals surface area contributed by atoms with E-state index in [1.807, 2.05) is 32.2 Å². The van der Waals surface area contributed by atoms with E-state index >= 15 is 0 Å². The molecule has 0 fully saturated rings. The Kier molecular flexibility index (Phi) is 6.44. The Hall–Kier alpha value is -1.35. The van der Waals surface area contributed by atoms with Gasteiger partial charge in [-0.25, -0.2) is 4.99 Å². The zero-order valence-corrected chi connectivity index (χ0v) is 11.8. The predicted octanol–water partition coefficient (Wildman–Crippen LogP) is 2.87. The van der Waals surface area contributed by atoms with Crippen molar-refractivity contribution >= 4 is 5.90 Å². The van der Waals surface area contributed by atoms with E-state index in [0.717, 1.165) is 5.90 Å². The van der Waals surface area contributed by atoms with Gasteiger partial charge >= 0.3 is 0 Å². The van der Waals surface area contributed by atoms with Crippen molar-refractivity contribution in [3.05, 3.63) is 35.9 Å². The van der Waals surface area contributed by atoms with Crippen molar-refractivity contribution in [1.82, 2.24) is 5.32 Å². The average Bonchev–Trinajstić information content (AvgIpc) is 2.37. The molecule has 3 nitrogen and oxygen atoms in total. The summed E-state index contributed by atoms with van der Waals surface area (Å²) in [6.07, 6.45) is 0. The van der Waals surface area contributed by atoms with Crippen LogP contribution in [0.15, 0.2) is 35.3 Å². The number of likely N-dealkylation sites (N-methyl/N-ethyl adjacent to an activating group) is 1. The molecule has 0 aliphatic carbocycles. The number of ether oxygens (including phenoxy) is 1. The molecular weight excluding hydrogens is 224 g/mol. The highest BCUT2D eigenvalue weighted by atomic mass is 16.5. The highest BCUT2D eigenvalue weighted by Gasteiger charge is 2.18. The molecule has 1 rings (SSSR count). The number of nitrogens with zero attached hydrogens (tertiary/aromatic N) is 1. The maximum Gasteiger partial charge on any atom is 0.201 e. The Balaban J connectivity index is 2.77. The van der Waals surface area contributed by atoms with Crippen LogP contribution in [0.5, 0.6) is 0 Å². The summed E-state index contributed by atoms with van der Waals surface area (Å²) in [5.41, 5.74) is 1.20. The van der Waals surface area contributed by atoms with Crippen LogP contribution in [0.4, 0.5) is 0 Å². The second-order valence-corrected chi connectivity index (χ2v) is 4.58. The largest absolute Gasteiger partial charge is 0.480 e. The van der Waals surface area contributed by atoms with E-state index in [4.69, 9.17) is 4.74 Å². The van der Waals surface area contributed by atoms with Gasteiger partial charge in [-0.2, -0.15) is 0 Å². The van der Waals surface area contributed by atoms with Gasteiger partial charge in [0.05, 0.1) is 19.2 Å². The Morgan fingerprint density at radius 1 is 1.28 bits per heavy atom. The quantitative estimate of drug-likeness (QED) is 0.620. The molecule has 1 unspecified atom stereocenters. The molecule has 1 N–H and O–H groups in total. The standard InChI is InChI=1S/C15H24N2O/c1-5-18-15(14(16-4)12(2)3)17-11-13-9-7-6-8-10-13/h6-10,12,14,16H,5,11H2,1-4H3/b17-15+. The summed E-state index contributed by atoms with van der Waals surface area (Å²) in [6.45, 7) is 7.64. The van der Waals surface area contributed by atoms with Crippen LogP contribution in [0.25, 0.3) is 0 Å². The Bertz CT molecular complexity index is 360. The highest BCUT2D eigenvalue weighted by Crippen LogP contribution is 2.07. The SMILES string of the molecule is CCO/C(=N/Cc1ccccc1)C(NC)C(C)C. The molecular formula is C15H24N2O. The summed E-state index contributed by atoms with van der Waals surface area (Å²) in [7, 11) is 1.95. The molecule has 0 bridgehead atoms. The zero-order valence-electron chi connectivity index (χ0n) is 11.8. The van der Waals surface area contributed by atoms with E-state index in [1.54, 1.807) is 0 Å². The number of nitrogens with one attached hydrogen (secondary N) is 1. The van der Waals surface area contributed by atoms with Gasteiger partial charge in [0.2, 0.25) is 5.90 Å². The number of aliphatic imine (C=N–C) groups is 1. The van der Waals surface area contributed by atoms with E-state index in [0.29, 0.717) is 19.1 Å². The minimum Gasteiger partial charge on any atom is -0.480 e. The molecule has 0 saturated carbocycles. The maximum absolute atomic E-state index is 5.67. The van der Waals surface area contributed by atoms with Gasteiger partial charge in [0.25, 0.3) is 0 Å². The third-order valence-corrected chi connectivity index (χ3v) is 2.80. The van der Waals surface area contributed by atoms with Crippen molar-refractivity contribution in [1.29, 1.82) is 0 Å². The summed E-state index contributed by atoms with van der Waals surface area (Å²) < 4.78 is 5.67. The van der Waals surface area contributed by atoms with Gasteiger partial charge < -0.3 is 10.1 Å². The Labute approximate surface area is 110 Å². The van der Waals surface area contributed by atoms with Crippen LogP contribution < -0.4 is 5.32 Å². The molecule has 3 heteroatoms. The van der Waals surface area contributed by atoms with Crippen molar-refractivity contribution in [2.75, 3.05) is 13.7 Å². The second-order valence-electron chi connectivity index (χ2n) is 4.58. The third-order valence-electron chi connectivity index (χ3n) is 2.80. The fraction of sp³-hybridized carbons (Fsp3) is 0.533. The van der Waals surface area contributed by atoms with Crippen LogP contribution in [0, 0.1) is 5.92 Å². The van der Waals surface area contributed by atoms with Crippen LogP contribution in [-0.4, -0.2) is 25.6 Å². The number of hydrogen-bond acceptors (Lipinski definition) is 3. The number of hydrogen-bond donors (Lipinski definition) is 1. The van der Waals surface area contributed by atoms with E-state index in [-0.39, 0.29) is 6.04 Å². The zero-order chi connectivity index (χ0) is 13.4. The van der Waals surface area contributed by atoms with Crippen LogP contribution >= 0.6 is 0 Å². The first-order valence-electron chi connectivity index (χ1n) is 6.57. The van der Waals surface area contributed by atoms with Crippen LogP contribution in [0.2, 0.25) is 0 Å². The molecule has 0 amide bonds. The van der Waals surface area contributed by atoms with Crippen molar-refractivity contribution in [2.24, 2.45) is 10.9 Å². The lowest BCUT2D eigenvalue weighted by Crippen LogP contribution is -2.40. The molecule has 1 aromatic carbocycles. The first-order chi connectivity index (χ1) is 8.69. The Morgan fingerprint density at radius 2 is 1.94 bits per heavy atom. The van der Waals surface area contributed by atoms with E-state index in [1.165, 1.54) is 5.56 Å². The lowest BCUT2D eigenvalue weighted by molar-refractivity contribution is 0.291. The molecule has 0 aromatic heterocycles. The first-order valence-corrected chi connectivity index (χ1v) is 6.57. The molecule has 0 aliphatic rings. The normalized spacial score (nSPS) is 13.7. The predicted molar refractivity (Wildman–Crippen MR) is 76.9 cm³/mol. The molecule has 18 heavy (non-hydrogen) atoms. The van der Waals surface area contributed by atoms with Crippen molar-refractivity contribution in [3.8, 4) is 0 Å². The van der Waals surface area contributed by atoms with Crippen LogP contribution in [0.3, 0.4) is 0 Å². The molecule has 1 aromatic rings. The third kappa shape index (κ3) is 4.49. The minimum absolute atomic E-state index is 0.175. The van der Waals surface area contributed by atoms with Crippen LogP contribution in [0.1, 0.15) is 26.3 Å². The van der Waals surface area contributed by atoms with Gasteiger partial charge in [-0.05, 0) is 25.5 Å². The maximum atomic E-state index is 5.67. The monoisotopic (exact) mass is 248 g/mol. The van der Waals surface area contributed by atoms with Gasteiger partial charge in [0.1, 0.15) is 0 Å². The molecule has 0 radical (unpaired) electrons. The lowest BCUT2D eigenvalue weighted by Gasteiger charge is -2.22. The van der Waals surface area contributed by atoms with Gasteiger partial charge in [-0.3, -0.25) is 0 Å². The first kappa shape index (κ1) is 14.7. The lowest BCUT2D eigenvalue weighted by atomic mass is 10.0. The van der Waals surface area contributed by atoms with Crippen molar-refractivity contribution in [2.45, 2.75) is 33.4 Å². The fourth-order valence-corrected chi connectivity index (χ4v) is 1.88. The summed E-state index contributed by atoms with van der Waals surface area (Å²) in [6, 6.07) is 10.4. The summed E-state index contributed by atoms with van der Waals surface area (Å²) in [5, 5.41) is 3.27. The van der Waals surface area contributed by atoms with Gasteiger partial charge in [-0.1, -0.05) is 44.2 Å². The number of benzene rings is 1. The van der Waals surface area contributed by atoms with Crippen molar-refractivity contribution in [3.63, 3.8) is 0 Å². The van der Waals surface area contributed by atoms with Gasteiger partial charge in [0, 0.05) is 0 Å². The number of rotatable bonds is 6. The molecule has 0 saturated heterocycles. The minimum atomic E-state index is 0.175. The molecule has 0 heterocycles. The molecule has 0 aliphatic heterocycles. The Morgan fingerprint density at radius 3 is 2.44 bits per heavy atom. The van der Waals surface area contributed by atoms with E-state index in [2.05, 4.69) is 36.3 Å². The summed E-state index contributed by atoms with van der Waals surface area (Å²) in [4.78, 5) is 4.61.